The van der Waals surface area contributed by atoms with Crippen molar-refractivity contribution in [3.8, 4) is 11.3 Å². The summed E-state index contributed by atoms with van der Waals surface area (Å²) in [6, 6.07) is 11.5. The molecule has 176 valence electrons. The molecular weight excluding hydrogens is 404 g/mol. The number of hydrogen-bond acceptors (Lipinski definition) is 3. The summed E-state index contributed by atoms with van der Waals surface area (Å²) in [5, 5.41) is 1.40. The molecule has 4 heteroatoms. The number of nitrogens with one attached hydrogen (secondary N) is 1. The van der Waals surface area contributed by atoms with Gasteiger partial charge in [0.2, 0.25) is 0 Å². The topological polar surface area (TPSA) is 35.2 Å². The molecule has 0 atom stereocenters. The lowest BCUT2D eigenvalue weighted by Crippen LogP contribution is -2.40. The van der Waals surface area contributed by atoms with E-state index in [-0.39, 0.29) is 0 Å². The van der Waals surface area contributed by atoms with Gasteiger partial charge in [0.15, 0.2) is 0 Å². The number of fused-ring (bicyclic) bond motifs is 1. The summed E-state index contributed by atoms with van der Waals surface area (Å²) in [5.74, 6) is 2.05. The van der Waals surface area contributed by atoms with Crippen molar-refractivity contribution >= 4 is 10.9 Å². The smallest absolute Gasteiger partial charge is 0.0501 e. The van der Waals surface area contributed by atoms with Crippen LogP contribution >= 0.6 is 0 Å². The predicted octanol–water partition coefficient (Wildman–Crippen LogP) is 6.18. The molecular formula is C29H40N4. The van der Waals surface area contributed by atoms with Gasteiger partial charge in [-0.2, -0.15) is 0 Å². The zero-order chi connectivity index (χ0) is 22.9. The number of rotatable bonds is 5. The van der Waals surface area contributed by atoms with Gasteiger partial charge in [-0.15, -0.1) is 0 Å². The van der Waals surface area contributed by atoms with Crippen LogP contribution in [-0.2, 0) is 0 Å². The van der Waals surface area contributed by atoms with Crippen molar-refractivity contribution in [1.82, 2.24) is 19.8 Å². The maximum atomic E-state index is 4.40. The minimum absolute atomic E-state index is 0.467. The van der Waals surface area contributed by atoms with Gasteiger partial charge in [-0.3, -0.25) is 4.98 Å². The monoisotopic (exact) mass is 444 g/mol. The van der Waals surface area contributed by atoms with E-state index in [1.54, 1.807) is 0 Å². The van der Waals surface area contributed by atoms with E-state index in [9.17, 15) is 0 Å². The third-order valence-electron chi connectivity index (χ3n) is 8.04. The highest BCUT2D eigenvalue weighted by Crippen LogP contribution is 2.38. The van der Waals surface area contributed by atoms with Gasteiger partial charge in [-0.05, 0) is 119 Å². The van der Waals surface area contributed by atoms with Crippen LogP contribution in [0.2, 0.25) is 0 Å². The Bertz CT molecular complexity index is 1080. The third-order valence-corrected chi connectivity index (χ3v) is 8.04. The Labute approximate surface area is 199 Å². The minimum atomic E-state index is 0.467. The van der Waals surface area contributed by atoms with Gasteiger partial charge >= 0.3 is 0 Å². The molecule has 2 aromatic heterocycles. The van der Waals surface area contributed by atoms with Crippen molar-refractivity contribution < 1.29 is 0 Å². The van der Waals surface area contributed by atoms with Gasteiger partial charge in [0.1, 0.15) is 0 Å². The number of likely N-dealkylation sites (tertiary alicyclic amines) is 2. The highest BCUT2D eigenvalue weighted by Gasteiger charge is 2.25. The summed E-state index contributed by atoms with van der Waals surface area (Å²) in [6.45, 7) is 13.1. The Morgan fingerprint density at radius 3 is 2.45 bits per heavy atom. The number of nitrogens with zero attached hydrogens (tertiary/aromatic N) is 3. The first-order valence-corrected chi connectivity index (χ1v) is 13.0. The number of hydrogen-bond donors (Lipinski definition) is 1. The molecule has 0 bridgehead atoms. The van der Waals surface area contributed by atoms with Crippen LogP contribution in [0.3, 0.4) is 0 Å². The minimum Gasteiger partial charge on any atom is -0.354 e. The van der Waals surface area contributed by atoms with Crippen LogP contribution in [0.1, 0.15) is 68.2 Å². The second-order valence-corrected chi connectivity index (χ2v) is 10.9. The lowest BCUT2D eigenvalue weighted by molar-refractivity contribution is 0.139. The summed E-state index contributed by atoms with van der Waals surface area (Å²) in [4.78, 5) is 13.4. The highest BCUT2D eigenvalue weighted by atomic mass is 15.1. The second-order valence-electron chi connectivity index (χ2n) is 10.9. The van der Waals surface area contributed by atoms with E-state index >= 15 is 0 Å². The average molecular weight is 445 g/mol. The van der Waals surface area contributed by atoms with E-state index in [1.807, 2.05) is 6.20 Å². The lowest BCUT2D eigenvalue weighted by Gasteiger charge is -2.37. The molecule has 4 nitrogen and oxygen atoms in total. The number of H-pyrrole nitrogens is 1. The second kappa shape index (κ2) is 9.60. The van der Waals surface area contributed by atoms with E-state index in [4.69, 9.17) is 0 Å². The summed E-state index contributed by atoms with van der Waals surface area (Å²) in [7, 11) is 2.26. The van der Waals surface area contributed by atoms with Gasteiger partial charge in [0.05, 0.1) is 5.69 Å². The summed E-state index contributed by atoms with van der Waals surface area (Å²) >= 11 is 0. The van der Waals surface area contributed by atoms with Crippen molar-refractivity contribution in [1.29, 1.82) is 0 Å². The largest absolute Gasteiger partial charge is 0.354 e. The molecule has 0 amide bonds. The number of aromatic nitrogens is 2. The number of pyridine rings is 1. The Morgan fingerprint density at radius 1 is 1.00 bits per heavy atom. The molecule has 1 N–H and O–H groups in total. The zero-order valence-corrected chi connectivity index (χ0v) is 20.9. The molecule has 33 heavy (non-hydrogen) atoms. The number of aryl methyl sites for hydroxylation is 1. The molecule has 1 aromatic carbocycles. The quantitative estimate of drug-likeness (QED) is 0.510. The van der Waals surface area contributed by atoms with Crippen molar-refractivity contribution in [3.05, 3.63) is 53.3 Å². The van der Waals surface area contributed by atoms with E-state index in [0.29, 0.717) is 11.8 Å². The molecule has 5 rings (SSSR count). The first kappa shape index (κ1) is 22.6. The number of benzene rings is 1. The fraction of sp³-hybridized carbons (Fsp3) is 0.552. The molecule has 2 aliphatic heterocycles. The Morgan fingerprint density at radius 2 is 1.76 bits per heavy atom. The molecule has 2 saturated heterocycles. The van der Waals surface area contributed by atoms with Crippen LogP contribution in [0.15, 0.2) is 36.5 Å². The third kappa shape index (κ3) is 4.88. The Hall–Kier alpha value is -2.17. The van der Waals surface area contributed by atoms with Crippen LogP contribution in [0.25, 0.3) is 22.2 Å². The molecule has 0 saturated carbocycles. The Kier molecular flexibility index (Phi) is 6.58. The van der Waals surface area contributed by atoms with Gasteiger partial charge in [0.25, 0.3) is 0 Å². The Balaban J connectivity index is 1.33. The normalized spacial score (nSPS) is 19.7. The lowest BCUT2D eigenvalue weighted by atomic mass is 9.87. The molecule has 2 aliphatic rings. The van der Waals surface area contributed by atoms with Crippen LogP contribution in [-0.4, -0.2) is 59.5 Å². The molecule has 0 spiro atoms. The maximum absolute atomic E-state index is 4.40. The number of piperidine rings is 2. The number of aromatic amines is 1. The van der Waals surface area contributed by atoms with Gasteiger partial charge in [-0.25, -0.2) is 0 Å². The highest BCUT2D eigenvalue weighted by molar-refractivity contribution is 5.92. The fourth-order valence-electron chi connectivity index (χ4n) is 6.07. The summed E-state index contributed by atoms with van der Waals surface area (Å²) in [5.41, 5.74) is 7.79. The van der Waals surface area contributed by atoms with Crippen LogP contribution < -0.4 is 0 Å². The molecule has 0 unspecified atom stereocenters. The van der Waals surface area contributed by atoms with Crippen molar-refractivity contribution in [2.45, 2.75) is 58.3 Å². The molecule has 3 aromatic rings. The average Bonchev–Trinajstić information content (AvgIpc) is 3.20. The molecule has 4 heterocycles. The van der Waals surface area contributed by atoms with Gasteiger partial charge in [-0.1, -0.05) is 19.9 Å². The fourth-order valence-corrected chi connectivity index (χ4v) is 6.07. The molecule has 0 radical (unpaired) electrons. The maximum Gasteiger partial charge on any atom is 0.0501 e. The predicted molar refractivity (Wildman–Crippen MR) is 139 cm³/mol. The van der Waals surface area contributed by atoms with Crippen molar-refractivity contribution in [3.63, 3.8) is 0 Å². The SMILES string of the molecule is Cc1cc(-c2[nH]c3ccc(C4CCN(CC5CCN(C)CC5)CC4)cc3c2C(C)C)ccn1. The summed E-state index contributed by atoms with van der Waals surface area (Å²) < 4.78 is 0. The van der Waals surface area contributed by atoms with Crippen LogP contribution in [0.4, 0.5) is 0 Å². The van der Waals surface area contributed by atoms with E-state index < -0.39 is 0 Å². The first-order chi connectivity index (χ1) is 16.0. The van der Waals surface area contributed by atoms with Gasteiger partial charge in [0, 0.05) is 34.9 Å². The van der Waals surface area contributed by atoms with E-state index in [0.717, 1.165) is 11.6 Å². The van der Waals surface area contributed by atoms with Crippen molar-refractivity contribution in [2.75, 3.05) is 39.8 Å². The molecule has 0 aliphatic carbocycles. The van der Waals surface area contributed by atoms with Crippen LogP contribution in [0, 0.1) is 12.8 Å². The standard InChI is InChI=1S/C29H40N4/c1-20(2)28-26-18-24(5-6-27(26)31-29(28)25-7-12-30-21(3)17-25)23-10-15-33(16-11-23)19-22-8-13-32(4)14-9-22/h5-7,12,17-18,20,22-23,31H,8-11,13-16,19H2,1-4H3. The van der Waals surface area contributed by atoms with Gasteiger partial charge < -0.3 is 14.8 Å². The van der Waals surface area contributed by atoms with Crippen molar-refractivity contribution in [2.24, 2.45) is 5.92 Å². The first-order valence-electron chi connectivity index (χ1n) is 13.0. The van der Waals surface area contributed by atoms with E-state index in [2.05, 4.69) is 77.9 Å². The zero-order valence-electron chi connectivity index (χ0n) is 20.9. The van der Waals surface area contributed by atoms with Crippen LogP contribution in [0.5, 0.6) is 0 Å². The van der Waals surface area contributed by atoms with E-state index in [1.165, 1.54) is 91.7 Å². The molecule has 2 fully saturated rings. The summed E-state index contributed by atoms with van der Waals surface area (Å²) in [6.07, 6.45) is 7.24.